The van der Waals surface area contributed by atoms with E-state index >= 15 is 0 Å². The van der Waals surface area contributed by atoms with Crippen molar-refractivity contribution in [2.75, 3.05) is 6.54 Å². The minimum Gasteiger partial charge on any atom is -0.335 e. The van der Waals surface area contributed by atoms with Gasteiger partial charge in [0.15, 0.2) is 0 Å². The summed E-state index contributed by atoms with van der Waals surface area (Å²) in [6.07, 6.45) is 4.57. The molecule has 0 amide bonds. The molecular weight excluding hydrogens is 234 g/mol. The predicted octanol–water partition coefficient (Wildman–Crippen LogP) is 2.39. The lowest BCUT2D eigenvalue weighted by Crippen LogP contribution is -2.08. The zero-order valence-corrected chi connectivity index (χ0v) is 11.7. The van der Waals surface area contributed by atoms with Gasteiger partial charge in [0, 0.05) is 24.7 Å². The van der Waals surface area contributed by atoms with Crippen molar-refractivity contribution >= 4 is 0 Å². The largest absolute Gasteiger partial charge is 0.335 e. The molecule has 1 aliphatic rings. The number of nitrogens with zero attached hydrogens (tertiary/aromatic N) is 2. The van der Waals surface area contributed by atoms with E-state index in [-0.39, 0.29) is 0 Å². The second kappa shape index (κ2) is 4.82. The Morgan fingerprint density at radius 2 is 2.05 bits per heavy atom. The quantitative estimate of drug-likeness (QED) is 0.915. The highest BCUT2D eigenvalue weighted by molar-refractivity contribution is 5.64. The van der Waals surface area contributed by atoms with E-state index in [4.69, 9.17) is 10.7 Å². The Hall–Kier alpha value is -1.61. The lowest BCUT2D eigenvalue weighted by Gasteiger charge is -2.04. The van der Waals surface area contributed by atoms with Crippen LogP contribution in [0.3, 0.4) is 0 Å². The van der Waals surface area contributed by atoms with Gasteiger partial charge in [0.2, 0.25) is 0 Å². The van der Waals surface area contributed by atoms with Crippen LogP contribution < -0.4 is 5.73 Å². The SMILES string of the molecule is Cc1c(-c2ccc3c(c2)CCC3)nc(CCN)n1C. The van der Waals surface area contributed by atoms with E-state index in [0.29, 0.717) is 6.54 Å². The van der Waals surface area contributed by atoms with E-state index in [1.807, 2.05) is 0 Å². The Morgan fingerprint density at radius 3 is 2.84 bits per heavy atom. The van der Waals surface area contributed by atoms with Crippen molar-refractivity contribution in [3.8, 4) is 11.3 Å². The summed E-state index contributed by atoms with van der Waals surface area (Å²) in [5.41, 5.74) is 12.2. The Bertz CT molecular complexity index is 611. The monoisotopic (exact) mass is 255 g/mol. The van der Waals surface area contributed by atoms with Crippen LogP contribution in [0.4, 0.5) is 0 Å². The second-order valence-corrected chi connectivity index (χ2v) is 5.40. The van der Waals surface area contributed by atoms with Gasteiger partial charge in [-0.1, -0.05) is 12.1 Å². The molecule has 0 aliphatic heterocycles. The molecule has 0 saturated heterocycles. The first-order valence-electron chi connectivity index (χ1n) is 7.05. The van der Waals surface area contributed by atoms with Gasteiger partial charge in [0.05, 0.1) is 5.69 Å². The molecule has 0 saturated carbocycles. The molecule has 100 valence electrons. The number of imidazole rings is 1. The fraction of sp³-hybridized carbons (Fsp3) is 0.438. The molecule has 0 radical (unpaired) electrons. The van der Waals surface area contributed by atoms with Gasteiger partial charge in [-0.3, -0.25) is 0 Å². The van der Waals surface area contributed by atoms with E-state index in [9.17, 15) is 0 Å². The third kappa shape index (κ3) is 2.08. The summed E-state index contributed by atoms with van der Waals surface area (Å²) in [5.74, 6) is 1.08. The third-order valence-corrected chi connectivity index (χ3v) is 4.21. The fourth-order valence-electron chi connectivity index (χ4n) is 2.98. The maximum absolute atomic E-state index is 5.65. The van der Waals surface area contributed by atoms with Gasteiger partial charge in [-0.15, -0.1) is 0 Å². The van der Waals surface area contributed by atoms with E-state index in [2.05, 4.69) is 36.7 Å². The predicted molar refractivity (Wildman–Crippen MR) is 78.2 cm³/mol. The van der Waals surface area contributed by atoms with Crippen LogP contribution in [0, 0.1) is 6.92 Å². The summed E-state index contributed by atoms with van der Waals surface area (Å²) >= 11 is 0. The topological polar surface area (TPSA) is 43.8 Å². The third-order valence-electron chi connectivity index (χ3n) is 4.21. The van der Waals surface area contributed by atoms with Crippen LogP contribution in [0.15, 0.2) is 18.2 Å². The van der Waals surface area contributed by atoms with E-state index < -0.39 is 0 Å². The number of aromatic nitrogens is 2. The molecule has 1 aromatic carbocycles. The summed E-state index contributed by atoms with van der Waals surface area (Å²) in [4.78, 5) is 4.78. The van der Waals surface area contributed by atoms with Gasteiger partial charge in [-0.05, 0) is 49.9 Å². The fourth-order valence-corrected chi connectivity index (χ4v) is 2.98. The summed E-state index contributed by atoms with van der Waals surface area (Å²) in [7, 11) is 2.07. The van der Waals surface area contributed by atoms with Crippen molar-refractivity contribution < 1.29 is 0 Å². The summed E-state index contributed by atoms with van der Waals surface area (Å²) in [5, 5.41) is 0. The molecule has 1 heterocycles. The molecule has 3 nitrogen and oxygen atoms in total. The first-order chi connectivity index (χ1) is 9.20. The summed E-state index contributed by atoms with van der Waals surface area (Å²) in [6, 6.07) is 6.81. The van der Waals surface area contributed by atoms with Gasteiger partial charge in [0.25, 0.3) is 0 Å². The van der Waals surface area contributed by atoms with Gasteiger partial charge < -0.3 is 10.3 Å². The molecule has 1 aromatic heterocycles. The molecule has 0 atom stereocenters. The van der Waals surface area contributed by atoms with Gasteiger partial charge in [-0.25, -0.2) is 4.98 Å². The smallest absolute Gasteiger partial charge is 0.110 e. The summed E-state index contributed by atoms with van der Waals surface area (Å²) < 4.78 is 2.16. The highest BCUT2D eigenvalue weighted by Crippen LogP contribution is 2.29. The van der Waals surface area contributed by atoms with Crippen molar-refractivity contribution in [1.29, 1.82) is 0 Å². The average Bonchev–Trinajstić information content (AvgIpc) is 2.98. The first kappa shape index (κ1) is 12.4. The Morgan fingerprint density at radius 1 is 1.26 bits per heavy atom. The van der Waals surface area contributed by atoms with Gasteiger partial charge in [0.1, 0.15) is 5.82 Å². The van der Waals surface area contributed by atoms with Crippen LogP contribution in [0.2, 0.25) is 0 Å². The van der Waals surface area contributed by atoms with Crippen molar-refractivity contribution in [3.63, 3.8) is 0 Å². The van der Waals surface area contributed by atoms with E-state index in [1.54, 1.807) is 0 Å². The van der Waals surface area contributed by atoms with Crippen molar-refractivity contribution in [2.45, 2.75) is 32.6 Å². The molecule has 1 aliphatic carbocycles. The Balaban J connectivity index is 2.04. The van der Waals surface area contributed by atoms with Crippen LogP contribution in [-0.4, -0.2) is 16.1 Å². The lowest BCUT2D eigenvalue weighted by molar-refractivity contribution is 0.761. The molecular formula is C16H21N3. The zero-order chi connectivity index (χ0) is 13.4. The van der Waals surface area contributed by atoms with Gasteiger partial charge >= 0.3 is 0 Å². The normalized spacial score (nSPS) is 13.8. The molecule has 2 N–H and O–H groups in total. The molecule has 0 spiro atoms. The molecule has 19 heavy (non-hydrogen) atoms. The van der Waals surface area contributed by atoms with Crippen LogP contribution >= 0.6 is 0 Å². The molecule has 0 fully saturated rings. The van der Waals surface area contributed by atoms with Gasteiger partial charge in [-0.2, -0.15) is 0 Å². The molecule has 0 unspecified atom stereocenters. The average molecular weight is 255 g/mol. The van der Waals surface area contributed by atoms with E-state index in [0.717, 1.165) is 17.9 Å². The molecule has 3 rings (SSSR count). The van der Waals surface area contributed by atoms with E-state index in [1.165, 1.54) is 41.6 Å². The van der Waals surface area contributed by atoms with Crippen molar-refractivity contribution in [3.05, 3.63) is 40.8 Å². The minimum absolute atomic E-state index is 0.647. The van der Waals surface area contributed by atoms with Crippen LogP contribution in [0.5, 0.6) is 0 Å². The van der Waals surface area contributed by atoms with Crippen molar-refractivity contribution in [1.82, 2.24) is 9.55 Å². The Labute approximate surface area is 114 Å². The number of benzene rings is 1. The zero-order valence-electron chi connectivity index (χ0n) is 11.7. The first-order valence-corrected chi connectivity index (χ1v) is 7.05. The molecule has 3 heteroatoms. The van der Waals surface area contributed by atoms with Crippen molar-refractivity contribution in [2.24, 2.45) is 12.8 Å². The number of aryl methyl sites for hydroxylation is 2. The van der Waals surface area contributed by atoms with Crippen LogP contribution in [-0.2, 0) is 26.3 Å². The molecule has 2 aromatic rings. The standard InChI is InChI=1S/C16H21N3/c1-11-16(18-15(8-9-17)19(11)2)14-7-6-12-4-3-5-13(12)10-14/h6-7,10H,3-5,8-9,17H2,1-2H3. The number of fused-ring (bicyclic) bond motifs is 1. The highest BCUT2D eigenvalue weighted by Gasteiger charge is 2.16. The maximum atomic E-state index is 5.65. The Kier molecular flexibility index (Phi) is 3.15. The number of hydrogen-bond acceptors (Lipinski definition) is 2. The summed E-state index contributed by atoms with van der Waals surface area (Å²) in [6.45, 7) is 2.78. The number of nitrogens with two attached hydrogens (primary N) is 1. The number of hydrogen-bond donors (Lipinski definition) is 1. The lowest BCUT2D eigenvalue weighted by atomic mass is 10.0. The number of rotatable bonds is 3. The second-order valence-electron chi connectivity index (χ2n) is 5.40. The molecule has 0 bridgehead atoms. The van der Waals surface area contributed by atoms with Crippen LogP contribution in [0.1, 0.15) is 29.1 Å². The minimum atomic E-state index is 0.647. The van der Waals surface area contributed by atoms with Crippen LogP contribution in [0.25, 0.3) is 11.3 Å². The highest BCUT2D eigenvalue weighted by atomic mass is 15.1. The maximum Gasteiger partial charge on any atom is 0.110 e.